The van der Waals surface area contributed by atoms with Crippen LogP contribution >= 0.6 is 0 Å². The van der Waals surface area contributed by atoms with Crippen LogP contribution < -0.4 is 0 Å². The minimum atomic E-state index is -1.46. The Labute approximate surface area is 216 Å². The Kier molecular flexibility index (Phi) is 11.0. The number of hydrogen-bond acceptors (Lipinski definition) is 8. The van der Waals surface area contributed by atoms with Crippen molar-refractivity contribution in [3.8, 4) is 0 Å². The van der Waals surface area contributed by atoms with Gasteiger partial charge in [0.1, 0.15) is 0 Å². The van der Waals surface area contributed by atoms with E-state index >= 15 is 0 Å². The second kappa shape index (κ2) is 14.1. The smallest absolute Gasteiger partial charge is 0.338 e. The molecule has 0 radical (unpaired) electrons. The lowest BCUT2D eigenvalue weighted by atomic mass is 10.0. The van der Waals surface area contributed by atoms with Gasteiger partial charge in [-0.25, -0.2) is 28.8 Å². The molecule has 0 aliphatic carbocycles. The summed E-state index contributed by atoms with van der Waals surface area (Å²) in [4.78, 5) is 68.8. The molecule has 0 atom stereocenters. The first-order chi connectivity index (χ1) is 18.0. The molecule has 0 unspecified atom stereocenters. The molecular weight excluding hydrogens is 504 g/mol. The van der Waals surface area contributed by atoms with Gasteiger partial charge < -0.3 is 29.9 Å². The predicted molar refractivity (Wildman–Crippen MR) is 129 cm³/mol. The monoisotopic (exact) mass is 530 g/mol. The fourth-order valence-electron chi connectivity index (χ4n) is 3.48. The van der Waals surface area contributed by atoms with Crippen molar-refractivity contribution < 1.29 is 58.7 Å². The van der Waals surface area contributed by atoms with Crippen LogP contribution in [0.2, 0.25) is 0 Å². The molecule has 2 rings (SSSR count). The Morgan fingerprint density at radius 1 is 0.474 bits per heavy atom. The van der Waals surface area contributed by atoms with E-state index in [1.807, 2.05) is 0 Å². The van der Waals surface area contributed by atoms with E-state index in [0.29, 0.717) is 12.8 Å². The summed E-state index contributed by atoms with van der Waals surface area (Å²) < 4.78 is 10.2. The minimum Gasteiger partial charge on any atom is -0.478 e. The van der Waals surface area contributed by atoms with Crippen LogP contribution in [0.4, 0.5) is 0 Å². The van der Waals surface area contributed by atoms with Crippen molar-refractivity contribution in [3.05, 3.63) is 69.8 Å². The maximum atomic E-state index is 12.1. The van der Waals surface area contributed by atoms with Crippen LogP contribution in [0.5, 0.6) is 0 Å². The molecule has 0 aliphatic heterocycles. The van der Waals surface area contributed by atoms with Gasteiger partial charge in [0, 0.05) is 0 Å². The van der Waals surface area contributed by atoms with Gasteiger partial charge in [0.15, 0.2) is 0 Å². The van der Waals surface area contributed by atoms with E-state index in [4.69, 9.17) is 29.9 Å². The number of ether oxygens (including phenoxy) is 2. The summed E-state index contributed by atoms with van der Waals surface area (Å²) in [6.45, 7) is 0.219. The highest BCUT2D eigenvalue weighted by Crippen LogP contribution is 2.16. The first-order valence-corrected chi connectivity index (χ1v) is 11.6. The number of unbranched alkanes of at least 4 members (excludes halogenated alkanes) is 5. The van der Waals surface area contributed by atoms with Gasteiger partial charge in [-0.2, -0.15) is 0 Å². The number of esters is 2. The highest BCUT2D eigenvalue weighted by molar-refractivity contribution is 6.04. The number of aromatic carboxylic acids is 4. The maximum absolute atomic E-state index is 12.1. The van der Waals surface area contributed by atoms with Crippen LogP contribution in [0, 0.1) is 0 Å². The van der Waals surface area contributed by atoms with E-state index in [1.165, 1.54) is 12.1 Å². The summed E-state index contributed by atoms with van der Waals surface area (Å²) in [5.74, 6) is -7.26. The quantitative estimate of drug-likeness (QED) is 0.192. The second-order valence-corrected chi connectivity index (χ2v) is 8.13. The number of carboxylic acids is 4. The Morgan fingerprint density at radius 3 is 1.11 bits per heavy atom. The van der Waals surface area contributed by atoms with E-state index in [0.717, 1.165) is 49.9 Å². The van der Waals surface area contributed by atoms with Crippen molar-refractivity contribution in [2.45, 2.75) is 38.5 Å². The SMILES string of the molecule is O=C(OCCCCCCCCOC(=O)c1ccc(C(=O)O)c(C(=O)O)c1)c1ccc(C(=O)O)c(C(=O)O)c1. The van der Waals surface area contributed by atoms with E-state index < -0.39 is 58.1 Å². The summed E-state index contributed by atoms with van der Waals surface area (Å²) in [5, 5.41) is 36.3. The van der Waals surface area contributed by atoms with E-state index in [1.54, 1.807) is 0 Å². The molecule has 0 spiro atoms. The number of benzene rings is 2. The van der Waals surface area contributed by atoms with Gasteiger partial charge in [0.05, 0.1) is 46.6 Å². The summed E-state index contributed by atoms with van der Waals surface area (Å²) in [6, 6.07) is 6.42. The summed E-state index contributed by atoms with van der Waals surface area (Å²) in [7, 11) is 0. The molecule has 2 aromatic rings. The van der Waals surface area contributed by atoms with Crippen LogP contribution in [0.15, 0.2) is 36.4 Å². The second-order valence-electron chi connectivity index (χ2n) is 8.13. The van der Waals surface area contributed by atoms with Gasteiger partial charge in [0.25, 0.3) is 0 Å². The molecule has 202 valence electrons. The Bertz CT molecular complexity index is 1140. The lowest BCUT2D eigenvalue weighted by Gasteiger charge is -2.08. The van der Waals surface area contributed by atoms with Crippen LogP contribution in [-0.2, 0) is 9.47 Å². The summed E-state index contributed by atoms with van der Waals surface area (Å²) >= 11 is 0. The topological polar surface area (TPSA) is 202 Å². The Hall–Kier alpha value is -4.74. The Balaban J connectivity index is 1.63. The molecule has 0 heterocycles. The lowest BCUT2D eigenvalue weighted by Crippen LogP contribution is -2.12. The average Bonchev–Trinajstić information content (AvgIpc) is 2.88. The highest BCUT2D eigenvalue weighted by atomic mass is 16.5. The van der Waals surface area contributed by atoms with Gasteiger partial charge in [-0.3, -0.25) is 0 Å². The molecular formula is C26H26O12. The molecule has 4 N–H and O–H groups in total. The largest absolute Gasteiger partial charge is 0.478 e. The summed E-state index contributed by atoms with van der Waals surface area (Å²) in [6.07, 6.45) is 4.27. The zero-order valence-electron chi connectivity index (χ0n) is 20.2. The first kappa shape index (κ1) is 29.5. The van der Waals surface area contributed by atoms with Gasteiger partial charge in [-0.15, -0.1) is 0 Å². The fourth-order valence-corrected chi connectivity index (χ4v) is 3.48. The number of rotatable bonds is 15. The molecule has 0 aliphatic rings. The fraction of sp³-hybridized carbons (Fsp3) is 0.308. The minimum absolute atomic E-state index is 0.0565. The standard InChI is InChI=1S/C26H26O12/c27-21(28)17-9-7-15(13-19(17)23(31)32)25(35)37-11-5-3-1-2-4-6-12-38-26(36)16-8-10-18(22(29)30)20(14-16)24(33)34/h7-10,13-14H,1-6,11-12H2,(H,27,28)(H,29,30)(H,31,32)(H,33,34). The maximum Gasteiger partial charge on any atom is 0.338 e. The van der Waals surface area contributed by atoms with Crippen molar-refractivity contribution in [1.82, 2.24) is 0 Å². The first-order valence-electron chi connectivity index (χ1n) is 11.6. The van der Waals surface area contributed by atoms with Crippen LogP contribution in [-0.4, -0.2) is 69.5 Å². The van der Waals surface area contributed by atoms with Gasteiger partial charge in [-0.05, 0) is 49.2 Å². The van der Waals surface area contributed by atoms with Crippen molar-refractivity contribution >= 4 is 35.8 Å². The molecule has 2 aromatic carbocycles. The van der Waals surface area contributed by atoms with E-state index in [9.17, 15) is 28.8 Å². The molecule has 0 bridgehead atoms. The van der Waals surface area contributed by atoms with Crippen molar-refractivity contribution in [3.63, 3.8) is 0 Å². The third-order valence-electron chi connectivity index (χ3n) is 5.44. The zero-order chi connectivity index (χ0) is 28.2. The molecule has 0 aromatic heterocycles. The molecule has 12 nitrogen and oxygen atoms in total. The molecule has 38 heavy (non-hydrogen) atoms. The Morgan fingerprint density at radius 2 is 0.789 bits per heavy atom. The van der Waals surface area contributed by atoms with Crippen LogP contribution in [0.1, 0.15) is 101 Å². The third kappa shape index (κ3) is 8.43. The molecule has 0 saturated heterocycles. The van der Waals surface area contributed by atoms with Gasteiger partial charge in [0.2, 0.25) is 0 Å². The van der Waals surface area contributed by atoms with Crippen LogP contribution in [0.25, 0.3) is 0 Å². The normalized spacial score (nSPS) is 10.4. The number of carbonyl (C=O) groups excluding carboxylic acids is 2. The highest BCUT2D eigenvalue weighted by Gasteiger charge is 2.20. The average molecular weight is 530 g/mol. The van der Waals surface area contributed by atoms with Crippen LogP contribution in [0.3, 0.4) is 0 Å². The lowest BCUT2D eigenvalue weighted by molar-refractivity contribution is 0.0483. The number of carboxylic acid groups (broad SMARTS) is 4. The van der Waals surface area contributed by atoms with Crippen molar-refractivity contribution in [2.75, 3.05) is 13.2 Å². The summed E-state index contributed by atoms with van der Waals surface area (Å²) in [5.41, 5.74) is -1.97. The molecule has 0 fully saturated rings. The van der Waals surface area contributed by atoms with Crippen molar-refractivity contribution in [1.29, 1.82) is 0 Å². The zero-order valence-corrected chi connectivity index (χ0v) is 20.2. The predicted octanol–water partition coefficient (Wildman–Crippen LogP) is 3.83. The number of hydrogen-bond donors (Lipinski definition) is 4. The van der Waals surface area contributed by atoms with Crippen molar-refractivity contribution in [2.24, 2.45) is 0 Å². The van der Waals surface area contributed by atoms with Gasteiger partial charge >= 0.3 is 35.8 Å². The van der Waals surface area contributed by atoms with Gasteiger partial charge in [-0.1, -0.05) is 25.7 Å². The number of carbonyl (C=O) groups is 6. The molecule has 0 amide bonds. The molecule has 0 saturated carbocycles. The van der Waals surface area contributed by atoms with E-state index in [2.05, 4.69) is 0 Å². The third-order valence-corrected chi connectivity index (χ3v) is 5.44. The van der Waals surface area contributed by atoms with E-state index in [-0.39, 0.29) is 24.3 Å². The molecule has 12 heteroatoms.